The van der Waals surface area contributed by atoms with Crippen molar-refractivity contribution in [2.45, 2.75) is 85.9 Å². The Morgan fingerprint density at radius 3 is 2.22 bits per heavy atom. The smallest absolute Gasteiger partial charge is 0.306 e. The third kappa shape index (κ3) is 19.3. The molecule has 0 amide bonds. The van der Waals surface area contributed by atoms with E-state index in [1.165, 1.54) is 0 Å². The van der Waals surface area contributed by atoms with E-state index in [4.69, 9.17) is 14.2 Å². The highest BCUT2D eigenvalue weighted by atomic mass is 16.7. The second-order valence-corrected chi connectivity index (χ2v) is 7.61. The summed E-state index contributed by atoms with van der Waals surface area (Å²) < 4.78 is 16.6. The van der Waals surface area contributed by atoms with Gasteiger partial charge >= 0.3 is 5.97 Å². The third-order valence-corrected chi connectivity index (χ3v) is 3.53. The molecular weight excluding hydrogens is 340 g/mol. The molecule has 0 N–H and O–H groups in total. The van der Waals surface area contributed by atoms with Gasteiger partial charge in [0.25, 0.3) is 0 Å². The molecule has 0 aromatic carbocycles. The molecule has 0 aromatic heterocycles. The van der Waals surface area contributed by atoms with Crippen LogP contribution in [0.15, 0.2) is 12.2 Å². The van der Waals surface area contributed by atoms with Gasteiger partial charge in [-0.25, -0.2) is 0 Å². The minimum Gasteiger partial charge on any atom is -0.461 e. The van der Waals surface area contributed by atoms with Crippen molar-refractivity contribution in [1.29, 1.82) is 0 Å². The first-order chi connectivity index (χ1) is 13.0. The lowest BCUT2D eigenvalue weighted by molar-refractivity contribution is -0.142. The molecule has 0 radical (unpaired) electrons. The average Bonchev–Trinajstić information content (AvgIpc) is 2.61. The van der Waals surface area contributed by atoms with Crippen molar-refractivity contribution in [2.75, 3.05) is 19.8 Å². The molecule has 4 nitrogen and oxygen atoms in total. The van der Waals surface area contributed by atoms with Gasteiger partial charge in [0, 0.05) is 12.8 Å². The molecule has 0 aliphatic carbocycles. The van der Waals surface area contributed by atoms with Gasteiger partial charge in [-0.3, -0.25) is 4.79 Å². The minimum atomic E-state index is -0.439. The van der Waals surface area contributed by atoms with Gasteiger partial charge in [-0.05, 0) is 37.0 Å². The van der Waals surface area contributed by atoms with Crippen molar-refractivity contribution in [1.82, 2.24) is 0 Å². The fourth-order valence-corrected chi connectivity index (χ4v) is 2.07. The molecule has 0 rings (SSSR count). The summed E-state index contributed by atoms with van der Waals surface area (Å²) >= 11 is 0. The van der Waals surface area contributed by atoms with Gasteiger partial charge in [-0.2, -0.15) is 0 Å². The molecule has 0 spiro atoms. The van der Waals surface area contributed by atoms with Crippen LogP contribution in [0.1, 0.15) is 79.6 Å². The van der Waals surface area contributed by atoms with Crippen LogP contribution in [0.3, 0.4) is 0 Å². The fourth-order valence-electron chi connectivity index (χ4n) is 2.07. The van der Waals surface area contributed by atoms with E-state index in [0.29, 0.717) is 38.1 Å². The molecular formula is C23H40O4. The highest BCUT2D eigenvalue weighted by molar-refractivity contribution is 5.69. The monoisotopic (exact) mass is 380 g/mol. The average molecular weight is 381 g/mol. The molecule has 0 aromatic rings. The number of hydrogen-bond donors (Lipinski definition) is 0. The fraction of sp³-hybridized carbons (Fsp3) is 0.783. The lowest BCUT2D eigenvalue weighted by Crippen LogP contribution is -2.20. The molecule has 0 aliphatic rings. The van der Waals surface area contributed by atoms with E-state index in [2.05, 4.69) is 52.5 Å². The van der Waals surface area contributed by atoms with Gasteiger partial charge in [0.05, 0.1) is 13.2 Å². The Bertz CT molecular complexity index is 431. The summed E-state index contributed by atoms with van der Waals surface area (Å²) in [6.07, 6.45) is 9.73. The van der Waals surface area contributed by atoms with Crippen LogP contribution in [0.5, 0.6) is 0 Å². The molecule has 0 unspecified atom stereocenters. The molecule has 27 heavy (non-hydrogen) atoms. The van der Waals surface area contributed by atoms with Gasteiger partial charge < -0.3 is 14.2 Å². The summed E-state index contributed by atoms with van der Waals surface area (Å²) in [5, 5.41) is 0. The van der Waals surface area contributed by atoms with E-state index >= 15 is 0 Å². The Labute approximate surface area is 167 Å². The maximum atomic E-state index is 11.6. The van der Waals surface area contributed by atoms with Gasteiger partial charge in [0.15, 0.2) is 0 Å². The number of ether oxygens (including phenoxy) is 3. The van der Waals surface area contributed by atoms with Crippen molar-refractivity contribution in [3.8, 4) is 11.8 Å². The van der Waals surface area contributed by atoms with Crippen molar-refractivity contribution in [3.05, 3.63) is 12.2 Å². The van der Waals surface area contributed by atoms with Crippen LogP contribution in [0.25, 0.3) is 0 Å². The SMILES string of the molecule is CCCC=CCOC(=O)CCCCCC#CC(OCC(C)C)OCC(C)C. The Hall–Kier alpha value is -1.31. The second-order valence-electron chi connectivity index (χ2n) is 7.61. The number of rotatable bonds is 15. The number of carbonyl (C=O) groups is 1. The molecule has 0 aliphatic heterocycles. The summed E-state index contributed by atoms with van der Waals surface area (Å²) in [5.74, 6) is 7.03. The Kier molecular flexibility index (Phi) is 17.2. The van der Waals surface area contributed by atoms with Crippen LogP contribution in [0.4, 0.5) is 0 Å². The molecule has 0 bridgehead atoms. The maximum Gasteiger partial charge on any atom is 0.306 e. The van der Waals surface area contributed by atoms with E-state index in [0.717, 1.165) is 38.5 Å². The van der Waals surface area contributed by atoms with Crippen LogP contribution in [-0.4, -0.2) is 32.1 Å². The molecule has 0 fully saturated rings. The van der Waals surface area contributed by atoms with E-state index in [-0.39, 0.29) is 5.97 Å². The normalized spacial score (nSPS) is 11.4. The summed E-state index contributed by atoms with van der Waals surface area (Å²) in [7, 11) is 0. The zero-order valence-corrected chi connectivity index (χ0v) is 18.1. The first-order valence-electron chi connectivity index (χ1n) is 10.5. The van der Waals surface area contributed by atoms with Crippen molar-refractivity contribution >= 4 is 5.97 Å². The van der Waals surface area contributed by atoms with E-state index in [1.54, 1.807) is 0 Å². The second kappa shape index (κ2) is 18.1. The van der Waals surface area contributed by atoms with Crippen LogP contribution in [-0.2, 0) is 19.0 Å². The highest BCUT2D eigenvalue weighted by Crippen LogP contribution is 2.06. The van der Waals surface area contributed by atoms with Crippen LogP contribution in [0, 0.1) is 23.7 Å². The highest BCUT2D eigenvalue weighted by Gasteiger charge is 2.08. The lowest BCUT2D eigenvalue weighted by atomic mass is 10.1. The van der Waals surface area contributed by atoms with Crippen molar-refractivity contribution in [2.24, 2.45) is 11.8 Å². The van der Waals surface area contributed by atoms with E-state index < -0.39 is 6.29 Å². The zero-order valence-electron chi connectivity index (χ0n) is 18.1. The lowest BCUT2D eigenvalue weighted by Gasteiger charge is -2.16. The van der Waals surface area contributed by atoms with Crippen LogP contribution >= 0.6 is 0 Å². The quantitative estimate of drug-likeness (QED) is 0.123. The summed E-state index contributed by atoms with van der Waals surface area (Å²) in [5.41, 5.74) is 0. The Morgan fingerprint density at radius 1 is 0.963 bits per heavy atom. The van der Waals surface area contributed by atoms with Gasteiger partial charge in [0.2, 0.25) is 6.29 Å². The Morgan fingerprint density at radius 2 is 1.63 bits per heavy atom. The predicted molar refractivity (Wildman–Crippen MR) is 111 cm³/mol. The number of hydrogen-bond acceptors (Lipinski definition) is 4. The molecule has 0 saturated carbocycles. The number of allylic oxidation sites excluding steroid dienone is 1. The van der Waals surface area contributed by atoms with Gasteiger partial charge in [0.1, 0.15) is 6.61 Å². The van der Waals surface area contributed by atoms with Crippen molar-refractivity contribution < 1.29 is 19.0 Å². The van der Waals surface area contributed by atoms with Crippen molar-refractivity contribution in [3.63, 3.8) is 0 Å². The maximum absolute atomic E-state index is 11.6. The summed E-state index contributed by atoms with van der Waals surface area (Å²) in [4.78, 5) is 11.6. The summed E-state index contributed by atoms with van der Waals surface area (Å²) in [6.45, 7) is 12.2. The predicted octanol–water partition coefficient (Wildman–Crippen LogP) is 5.51. The summed E-state index contributed by atoms with van der Waals surface area (Å²) in [6, 6.07) is 0. The third-order valence-electron chi connectivity index (χ3n) is 3.53. The number of esters is 1. The molecule has 0 heterocycles. The van der Waals surface area contributed by atoms with E-state index in [1.807, 2.05) is 6.08 Å². The standard InChI is InChI=1S/C23H40O4/c1-6-7-8-14-17-25-22(24)15-12-10-9-11-13-16-23(26-18-20(2)3)27-19-21(4)5/h8,14,20-21,23H,6-7,9-12,15,17-19H2,1-5H3. The first kappa shape index (κ1) is 25.7. The van der Waals surface area contributed by atoms with Crippen LogP contribution in [0.2, 0.25) is 0 Å². The van der Waals surface area contributed by atoms with Crippen LogP contribution < -0.4 is 0 Å². The first-order valence-corrected chi connectivity index (χ1v) is 10.5. The number of unbranched alkanes of at least 4 members (excludes halogenated alkanes) is 4. The largest absolute Gasteiger partial charge is 0.461 e. The molecule has 0 saturated heterocycles. The molecule has 4 heteroatoms. The zero-order chi connectivity index (χ0) is 20.3. The molecule has 156 valence electrons. The number of carbonyl (C=O) groups excluding carboxylic acids is 1. The Balaban J connectivity index is 3.87. The van der Waals surface area contributed by atoms with Gasteiger partial charge in [-0.1, -0.05) is 65.5 Å². The minimum absolute atomic E-state index is 0.119. The molecule has 0 atom stereocenters. The van der Waals surface area contributed by atoms with E-state index in [9.17, 15) is 4.79 Å². The topological polar surface area (TPSA) is 44.8 Å². The van der Waals surface area contributed by atoms with Gasteiger partial charge in [-0.15, -0.1) is 0 Å².